The second-order valence-corrected chi connectivity index (χ2v) is 5.74. The third-order valence-electron chi connectivity index (χ3n) is 4.21. The minimum atomic E-state index is -4.58. The summed E-state index contributed by atoms with van der Waals surface area (Å²) >= 11 is 0. The summed E-state index contributed by atoms with van der Waals surface area (Å²) in [5, 5.41) is -0.159. The van der Waals surface area contributed by atoms with Crippen molar-refractivity contribution in [3.05, 3.63) is 58.6 Å². The van der Waals surface area contributed by atoms with E-state index in [0.717, 1.165) is 6.07 Å². The van der Waals surface area contributed by atoms with Crippen LogP contribution in [0.4, 0.5) is 18.9 Å². The van der Waals surface area contributed by atoms with Crippen LogP contribution in [0.1, 0.15) is 19.4 Å². The predicted molar refractivity (Wildman–Crippen MR) is 94.3 cm³/mol. The van der Waals surface area contributed by atoms with Crippen LogP contribution in [0.15, 0.2) is 51.8 Å². The lowest BCUT2D eigenvalue weighted by Gasteiger charge is -2.23. The van der Waals surface area contributed by atoms with Crippen LogP contribution in [0.2, 0.25) is 0 Å². The average molecular weight is 362 g/mol. The van der Waals surface area contributed by atoms with Gasteiger partial charge in [-0.25, -0.2) is 4.79 Å². The molecule has 0 radical (unpaired) electrons. The molecule has 0 saturated heterocycles. The SMILES string of the molecule is CCN(CC)c1cc(C(F)(F)F)c2cc(-c3ccccn3)c(=O)oc2c1. The van der Waals surface area contributed by atoms with E-state index >= 15 is 0 Å². The Kier molecular flexibility index (Phi) is 4.71. The number of rotatable bonds is 4. The molecule has 0 spiro atoms. The van der Waals surface area contributed by atoms with Crippen molar-refractivity contribution in [2.45, 2.75) is 20.0 Å². The summed E-state index contributed by atoms with van der Waals surface area (Å²) in [7, 11) is 0. The maximum Gasteiger partial charge on any atom is 0.417 e. The molecule has 0 atom stereocenters. The molecule has 2 aromatic heterocycles. The molecule has 0 aliphatic carbocycles. The normalized spacial score (nSPS) is 11.7. The van der Waals surface area contributed by atoms with Gasteiger partial charge in [0.2, 0.25) is 0 Å². The van der Waals surface area contributed by atoms with E-state index in [1.807, 2.05) is 13.8 Å². The Morgan fingerprint density at radius 2 is 1.85 bits per heavy atom. The van der Waals surface area contributed by atoms with Crippen LogP contribution in [0.25, 0.3) is 22.2 Å². The monoisotopic (exact) mass is 362 g/mol. The first kappa shape index (κ1) is 18.0. The minimum absolute atomic E-state index is 0.000751. The number of benzene rings is 1. The van der Waals surface area contributed by atoms with Crippen molar-refractivity contribution in [2.75, 3.05) is 18.0 Å². The Morgan fingerprint density at radius 3 is 2.42 bits per heavy atom. The number of hydrogen-bond acceptors (Lipinski definition) is 4. The number of aromatic nitrogens is 1. The van der Waals surface area contributed by atoms with E-state index in [4.69, 9.17) is 4.42 Å². The van der Waals surface area contributed by atoms with Crippen molar-refractivity contribution in [2.24, 2.45) is 0 Å². The van der Waals surface area contributed by atoms with Gasteiger partial charge in [0.05, 0.1) is 16.8 Å². The highest BCUT2D eigenvalue weighted by molar-refractivity contribution is 5.88. The van der Waals surface area contributed by atoms with Crippen LogP contribution in [-0.4, -0.2) is 18.1 Å². The van der Waals surface area contributed by atoms with Gasteiger partial charge in [0, 0.05) is 36.4 Å². The molecular formula is C19H17F3N2O2. The first-order chi connectivity index (χ1) is 12.3. The van der Waals surface area contributed by atoms with Crippen molar-refractivity contribution in [3.63, 3.8) is 0 Å². The van der Waals surface area contributed by atoms with Gasteiger partial charge >= 0.3 is 11.8 Å². The van der Waals surface area contributed by atoms with Crippen LogP contribution in [0, 0.1) is 0 Å². The molecule has 0 aliphatic rings. The first-order valence-corrected chi connectivity index (χ1v) is 8.20. The number of anilines is 1. The smallest absolute Gasteiger partial charge is 0.417 e. The highest BCUT2D eigenvalue weighted by Gasteiger charge is 2.34. The molecule has 4 nitrogen and oxygen atoms in total. The van der Waals surface area contributed by atoms with E-state index < -0.39 is 17.4 Å². The largest absolute Gasteiger partial charge is 0.422 e. The molecule has 7 heteroatoms. The lowest BCUT2D eigenvalue weighted by Crippen LogP contribution is -2.22. The maximum atomic E-state index is 13.6. The number of alkyl halides is 3. The fraction of sp³-hybridized carbons (Fsp3) is 0.263. The van der Waals surface area contributed by atoms with E-state index in [1.54, 1.807) is 23.1 Å². The molecule has 0 amide bonds. The quantitative estimate of drug-likeness (QED) is 0.630. The second-order valence-electron chi connectivity index (χ2n) is 5.74. The second kappa shape index (κ2) is 6.82. The molecule has 0 saturated carbocycles. The summed E-state index contributed by atoms with van der Waals surface area (Å²) in [6.07, 6.45) is -3.12. The van der Waals surface area contributed by atoms with Crippen LogP contribution in [0.5, 0.6) is 0 Å². The lowest BCUT2D eigenvalue weighted by molar-refractivity contribution is -0.136. The van der Waals surface area contributed by atoms with Gasteiger partial charge in [-0.05, 0) is 38.1 Å². The van der Waals surface area contributed by atoms with Gasteiger partial charge in [-0.15, -0.1) is 0 Å². The molecule has 3 aromatic rings. The summed E-state index contributed by atoms with van der Waals surface area (Å²) in [6.45, 7) is 4.77. The Morgan fingerprint density at radius 1 is 1.12 bits per heavy atom. The van der Waals surface area contributed by atoms with Crippen molar-refractivity contribution in [1.82, 2.24) is 4.98 Å². The number of fused-ring (bicyclic) bond motifs is 1. The van der Waals surface area contributed by atoms with Crippen molar-refractivity contribution < 1.29 is 17.6 Å². The Balaban J connectivity index is 2.32. The van der Waals surface area contributed by atoms with Crippen LogP contribution in [0.3, 0.4) is 0 Å². The zero-order chi connectivity index (χ0) is 18.9. The average Bonchev–Trinajstić information content (AvgIpc) is 2.61. The number of hydrogen-bond donors (Lipinski definition) is 0. The van der Waals surface area contributed by atoms with Gasteiger partial charge in [-0.2, -0.15) is 13.2 Å². The minimum Gasteiger partial charge on any atom is -0.422 e. The summed E-state index contributed by atoms with van der Waals surface area (Å²) < 4.78 is 46.2. The van der Waals surface area contributed by atoms with Crippen LogP contribution in [-0.2, 0) is 6.18 Å². The van der Waals surface area contributed by atoms with Crippen molar-refractivity contribution in [3.8, 4) is 11.3 Å². The Labute approximate surface area is 147 Å². The number of halogens is 3. The summed E-state index contributed by atoms with van der Waals surface area (Å²) in [5.41, 5.74) is -1.02. The van der Waals surface area contributed by atoms with Crippen molar-refractivity contribution in [1.29, 1.82) is 0 Å². The molecule has 1 aromatic carbocycles. The standard InChI is InChI=1S/C19H17F3N2O2/c1-3-24(4-2)12-9-15(19(20,21)22)13-11-14(16-7-5-6-8-23-16)18(25)26-17(13)10-12/h5-11H,3-4H2,1-2H3. The van der Waals surface area contributed by atoms with E-state index in [2.05, 4.69) is 4.98 Å². The Bertz CT molecular complexity index is 978. The molecule has 3 rings (SSSR count). The van der Waals surface area contributed by atoms with Gasteiger partial charge in [-0.1, -0.05) is 6.07 Å². The van der Waals surface area contributed by atoms with E-state index in [1.165, 1.54) is 18.3 Å². The summed E-state index contributed by atoms with van der Waals surface area (Å²) in [5.74, 6) is 0. The molecular weight excluding hydrogens is 345 g/mol. The van der Waals surface area contributed by atoms with Crippen LogP contribution >= 0.6 is 0 Å². The highest BCUT2D eigenvalue weighted by atomic mass is 19.4. The van der Waals surface area contributed by atoms with Gasteiger partial charge in [-0.3, -0.25) is 4.98 Å². The molecule has 2 heterocycles. The van der Waals surface area contributed by atoms with Gasteiger partial charge in [0.25, 0.3) is 0 Å². The van der Waals surface area contributed by atoms with Crippen molar-refractivity contribution >= 4 is 16.7 Å². The molecule has 136 valence electrons. The Hall–Kier alpha value is -2.83. The van der Waals surface area contributed by atoms with E-state index in [-0.39, 0.29) is 22.2 Å². The maximum absolute atomic E-state index is 13.6. The number of pyridine rings is 1. The van der Waals surface area contributed by atoms with Gasteiger partial charge in [0.15, 0.2) is 0 Å². The molecule has 0 N–H and O–H groups in total. The molecule has 0 unspecified atom stereocenters. The van der Waals surface area contributed by atoms with Gasteiger partial charge < -0.3 is 9.32 Å². The highest BCUT2D eigenvalue weighted by Crippen LogP contribution is 2.38. The molecule has 0 aliphatic heterocycles. The molecule has 0 fully saturated rings. The third kappa shape index (κ3) is 3.29. The topological polar surface area (TPSA) is 46.3 Å². The predicted octanol–water partition coefficient (Wildman–Crippen LogP) is 4.72. The fourth-order valence-electron chi connectivity index (χ4n) is 2.91. The summed E-state index contributed by atoms with van der Waals surface area (Å²) in [6, 6.07) is 8.64. The van der Waals surface area contributed by atoms with Gasteiger partial charge in [0.1, 0.15) is 5.58 Å². The number of nitrogens with zero attached hydrogens (tertiary/aromatic N) is 2. The summed E-state index contributed by atoms with van der Waals surface area (Å²) in [4.78, 5) is 18.1. The zero-order valence-electron chi connectivity index (χ0n) is 14.3. The van der Waals surface area contributed by atoms with Crippen LogP contribution < -0.4 is 10.5 Å². The molecule has 0 bridgehead atoms. The van der Waals surface area contributed by atoms with E-state index in [0.29, 0.717) is 18.8 Å². The third-order valence-corrected chi connectivity index (χ3v) is 4.21. The first-order valence-electron chi connectivity index (χ1n) is 8.20. The lowest BCUT2D eigenvalue weighted by atomic mass is 10.0. The zero-order valence-corrected chi connectivity index (χ0v) is 14.3. The fourth-order valence-corrected chi connectivity index (χ4v) is 2.91. The molecule has 26 heavy (non-hydrogen) atoms. The van der Waals surface area contributed by atoms with E-state index in [9.17, 15) is 18.0 Å².